The first kappa shape index (κ1) is 16.2. The SMILES string of the molecule is CC(C)(CCl)CNCCS(=O)(=O)C(C)(C)C. The van der Waals surface area contributed by atoms with Gasteiger partial charge in [0.05, 0.1) is 10.5 Å². The third kappa shape index (κ3) is 5.51. The van der Waals surface area contributed by atoms with Crippen molar-refractivity contribution in [2.45, 2.75) is 39.4 Å². The molecule has 0 bridgehead atoms. The fourth-order valence-electron chi connectivity index (χ4n) is 0.987. The van der Waals surface area contributed by atoms with Crippen molar-refractivity contribution >= 4 is 21.4 Å². The number of rotatable bonds is 6. The number of nitrogens with one attached hydrogen (secondary N) is 1. The van der Waals surface area contributed by atoms with E-state index in [4.69, 9.17) is 11.6 Å². The lowest BCUT2D eigenvalue weighted by atomic mass is 9.97. The topological polar surface area (TPSA) is 46.2 Å². The van der Waals surface area contributed by atoms with Crippen molar-refractivity contribution in [1.29, 1.82) is 0 Å². The van der Waals surface area contributed by atoms with E-state index in [0.717, 1.165) is 6.54 Å². The Labute approximate surface area is 105 Å². The summed E-state index contributed by atoms with van der Waals surface area (Å²) < 4.78 is 22.9. The zero-order valence-electron chi connectivity index (χ0n) is 10.9. The van der Waals surface area contributed by atoms with Crippen LogP contribution in [0.25, 0.3) is 0 Å². The minimum Gasteiger partial charge on any atom is -0.315 e. The second-order valence-electron chi connectivity index (χ2n) is 5.91. The summed E-state index contributed by atoms with van der Waals surface area (Å²) in [6.07, 6.45) is 0. The van der Waals surface area contributed by atoms with E-state index < -0.39 is 14.6 Å². The van der Waals surface area contributed by atoms with Crippen molar-refractivity contribution in [3.8, 4) is 0 Å². The van der Waals surface area contributed by atoms with Crippen LogP contribution in [0.1, 0.15) is 34.6 Å². The highest BCUT2D eigenvalue weighted by atomic mass is 35.5. The molecule has 0 aliphatic heterocycles. The van der Waals surface area contributed by atoms with Gasteiger partial charge in [-0.2, -0.15) is 0 Å². The molecule has 0 aromatic carbocycles. The second kappa shape index (κ2) is 5.69. The standard InChI is InChI=1S/C11H24ClNO2S/c1-10(2,3)16(14,15)7-6-13-9-11(4,5)8-12/h13H,6-9H2,1-5H3. The van der Waals surface area contributed by atoms with Crippen molar-refractivity contribution in [3.63, 3.8) is 0 Å². The maximum Gasteiger partial charge on any atom is 0.156 e. The lowest BCUT2D eigenvalue weighted by Crippen LogP contribution is -2.37. The van der Waals surface area contributed by atoms with Crippen LogP contribution in [0, 0.1) is 5.41 Å². The van der Waals surface area contributed by atoms with Gasteiger partial charge in [-0.15, -0.1) is 11.6 Å². The molecule has 0 aromatic heterocycles. The van der Waals surface area contributed by atoms with Crippen LogP contribution in [0.5, 0.6) is 0 Å². The quantitative estimate of drug-likeness (QED) is 0.593. The molecular formula is C11H24ClNO2S. The Morgan fingerprint density at radius 2 is 1.62 bits per heavy atom. The molecule has 0 atom stereocenters. The Balaban J connectivity index is 4.03. The van der Waals surface area contributed by atoms with Crippen LogP contribution in [-0.2, 0) is 9.84 Å². The Bertz CT molecular complexity index is 304. The smallest absolute Gasteiger partial charge is 0.156 e. The number of hydrogen-bond acceptors (Lipinski definition) is 3. The van der Waals surface area contributed by atoms with Crippen LogP contribution in [0.4, 0.5) is 0 Å². The molecule has 0 rings (SSSR count). The third-order valence-corrected chi connectivity index (χ3v) is 5.78. The molecule has 0 saturated carbocycles. The fraction of sp³-hybridized carbons (Fsp3) is 1.00. The molecule has 98 valence electrons. The van der Waals surface area contributed by atoms with Crippen LogP contribution in [0.3, 0.4) is 0 Å². The first-order valence-electron chi connectivity index (χ1n) is 5.51. The number of halogens is 1. The van der Waals surface area contributed by atoms with Crippen molar-refractivity contribution in [3.05, 3.63) is 0 Å². The average molecular weight is 270 g/mol. The van der Waals surface area contributed by atoms with Gasteiger partial charge in [0.15, 0.2) is 9.84 Å². The van der Waals surface area contributed by atoms with Gasteiger partial charge in [-0.3, -0.25) is 0 Å². The summed E-state index contributed by atoms with van der Waals surface area (Å²) in [4.78, 5) is 0. The molecule has 5 heteroatoms. The van der Waals surface area contributed by atoms with E-state index in [9.17, 15) is 8.42 Å². The molecule has 0 aromatic rings. The summed E-state index contributed by atoms with van der Waals surface area (Å²) >= 11 is 5.78. The van der Waals surface area contributed by atoms with Gasteiger partial charge >= 0.3 is 0 Å². The van der Waals surface area contributed by atoms with Crippen molar-refractivity contribution in [2.24, 2.45) is 5.41 Å². The van der Waals surface area contributed by atoms with Gasteiger partial charge in [0.1, 0.15) is 0 Å². The van der Waals surface area contributed by atoms with E-state index in [0.29, 0.717) is 12.4 Å². The van der Waals surface area contributed by atoms with Crippen LogP contribution in [0.15, 0.2) is 0 Å². The lowest BCUT2D eigenvalue weighted by Gasteiger charge is -2.23. The molecule has 16 heavy (non-hydrogen) atoms. The Hall–Kier alpha value is 0.200. The molecule has 0 heterocycles. The molecular weight excluding hydrogens is 246 g/mol. The summed E-state index contributed by atoms with van der Waals surface area (Å²) in [5, 5.41) is 3.14. The second-order valence-corrected chi connectivity index (χ2v) is 9.04. The molecule has 0 unspecified atom stereocenters. The van der Waals surface area contributed by atoms with Gasteiger partial charge in [-0.05, 0) is 26.2 Å². The van der Waals surface area contributed by atoms with Crippen LogP contribution < -0.4 is 5.32 Å². The van der Waals surface area contributed by atoms with Gasteiger partial charge in [-0.1, -0.05) is 13.8 Å². The molecule has 0 radical (unpaired) electrons. The predicted octanol–water partition coefficient (Wildman–Crippen LogP) is 2.05. The Morgan fingerprint density at radius 3 is 2.00 bits per heavy atom. The largest absolute Gasteiger partial charge is 0.315 e. The molecule has 0 spiro atoms. The highest BCUT2D eigenvalue weighted by Crippen LogP contribution is 2.16. The Morgan fingerprint density at radius 1 is 1.12 bits per heavy atom. The average Bonchev–Trinajstić information content (AvgIpc) is 2.11. The molecule has 1 N–H and O–H groups in total. The van der Waals surface area contributed by atoms with E-state index in [1.807, 2.05) is 13.8 Å². The number of hydrogen-bond donors (Lipinski definition) is 1. The summed E-state index contributed by atoms with van der Waals surface area (Å²) in [6.45, 7) is 10.5. The van der Waals surface area contributed by atoms with Crippen molar-refractivity contribution in [2.75, 3.05) is 24.7 Å². The zero-order valence-corrected chi connectivity index (χ0v) is 12.5. The van der Waals surface area contributed by atoms with Gasteiger partial charge in [0.25, 0.3) is 0 Å². The summed E-state index contributed by atoms with van der Waals surface area (Å²) in [5.41, 5.74) is 0.00699. The van der Waals surface area contributed by atoms with Crippen LogP contribution in [0.2, 0.25) is 0 Å². The molecule has 0 amide bonds. The van der Waals surface area contributed by atoms with Gasteiger partial charge in [0.2, 0.25) is 0 Å². The van der Waals surface area contributed by atoms with E-state index in [1.54, 1.807) is 20.8 Å². The monoisotopic (exact) mass is 269 g/mol. The maximum absolute atomic E-state index is 11.8. The molecule has 0 fully saturated rings. The minimum absolute atomic E-state index is 0.00699. The van der Waals surface area contributed by atoms with Gasteiger partial charge < -0.3 is 5.32 Å². The number of alkyl halides is 1. The highest BCUT2D eigenvalue weighted by Gasteiger charge is 2.28. The third-order valence-electron chi connectivity index (χ3n) is 2.45. The van der Waals surface area contributed by atoms with Gasteiger partial charge in [0, 0.05) is 19.0 Å². The van der Waals surface area contributed by atoms with Crippen LogP contribution >= 0.6 is 11.6 Å². The molecule has 3 nitrogen and oxygen atoms in total. The molecule has 0 aliphatic carbocycles. The lowest BCUT2D eigenvalue weighted by molar-refractivity contribution is 0.390. The first-order chi connectivity index (χ1) is 7.02. The summed E-state index contributed by atoms with van der Waals surface area (Å²) in [7, 11) is -3.02. The number of sulfone groups is 1. The van der Waals surface area contributed by atoms with E-state index in [-0.39, 0.29) is 11.2 Å². The highest BCUT2D eigenvalue weighted by molar-refractivity contribution is 7.92. The predicted molar refractivity (Wildman–Crippen MR) is 70.9 cm³/mol. The fourth-order valence-corrected chi connectivity index (χ4v) is 2.11. The maximum atomic E-state index is 11.8. The molecule has 0 aliphatic rings. The first-order valence-corrected chi connectivity index (χ1v) is 7.69. The normalized spacial score (nSPS) is 14.1. The summed E-state index contributed by atoms with van der Waals surface area (Å²) in [6, 6.07) is 0. The van der Waals surface area contributed by atoms with Gasteiger partial charge in [-0.25, -0.2) is 8.42 Å². The van der Waals surface area contributed by atoms with Crippen LogP contribution in [-0.4, -0.2) is 37.9 Å². The Kier molecular flexibility index (Phi) is 5.77. The zero-order chi connectivity index (χ0) is 13.0. The van der Waals surface area contributed by atoms with E-state index in [1.165, 1.54) is 0 Å². The minimum atomic E-state index is -3.02. The van der Waals surface area contributed by atoms with Crippen molar-refractivity contribution < 1.29 is 8.42 Å². The summed E-state index contributed by atoms with van der Waals surface area (Å²) in [5.74, 6) is 0.737. The van der Waals surface area contributed by atoms with E-state index in [2.05, 4.69) is 5.32 Å². The van der Waals surface area contributed by atoms with Crippen molar-refractivity contribution in [1.82, 2.24) is 5.32 Å². The van der Waals surface area contributed by atoms with E-state index >= 15 is 0 Å². The molecule has 0 saturated heterocycles.